The Morgan fingerprint density at radius 1 is 1.04 bits per heavy atom. The minimum atomic E-state index is -0.189. The summed E-state index contributed by atoms with van der Waals surface area (Å²) in [5.74, 6) is 0.808. The first kappa shape index (κ1) is 16.4. The Hall–Kier alpha value is -1.41. The third-order valence-corrected chi connectivity index (χ3v) is 5.04. The average Bonchev–Trinajstić information content (AvgIpc) is 2.62. The van der Waals surface area contributed by atoms with E-state index in [4.69, 9.17) is 5.73 Å². The van der Waals surface area contributed by atoms with Crippen molar-refractivity contribution >= 4 is 34.1 Å². The highest BCUT2D eigenvalue weighted by atomic mass is 127. The Morgan fingerprint density at radius 2 is 1.74 bits per heavy atom. The summed E-state index contributed by atoms with van der Waals surface area (Å²) in [4.78, 5) is 8.86. The molecule has 1 aromatic carbocycles. The summed E-state index contributed by atoms with van der Waals surface area (Å²) in [7, 11) is 0. The van der Waals surface area contributed by atoms with E-state index in [9.17, 15) is 4.39 Å². The maximum absolute atomic E-state index is 14.2. The molecule has 0 atom stereocenters. The van der Waals surface area contributed by atoms with Crippen molar-refractivity contribution < 1.29 is 4.39 Å². The van der Waals surface area contributed by atoms with Crippen molar-refractivity contribution in [3.63, 3.8) is 0 Å². The van der Waals surface area contributed by atoms with Gasteiger partial charge in [0, 0.05) is 43.3 Å². The van der Waals surface area contributed by atoms with E-state index in [1.165, 1.54) is 11.6 Å². The van der Waals surface area contributed by atoms with Crippen LogP contribution in [0.3, 0.4) is 0 Å². The van der Waals surface area contributed by atoms with Crippen molar-refractivity contribution in [2.75, 3.05) is 36.0 Å². The van der Waals surface area contributed by atoms with E-state index in [2.05, 4.69) is 49.5 Å². The zero-order valence-electron chi connectivity index (χ0n) is 12.9. The van der Waals surface area contributed by atoms with E-state index in [1.54, 1.807) is 0 Å². The molecule has 0 bridgehead atoms. The van der Waals surface area contributed by atoms with Gasteiger partial charge in [-0.2, -0.15) is 0 Å². The lowest BCUT2D eigenvalue weighted by Crippen LogP contribution is -2.47. The number of nitrogens with two attached hydrogens (primary N) is 1. The number of anilines is 2. The lowest BCUT2D eigenvalue weighted by molar-refractivity contribution is 0.594. The summed E-state index contributed by atoms with van der Waals surface area (Å²) in [6.07, 6.45) is 1.93. The number of pyridine rings is 1. The van der Waals surface area contributed by atoms with Crippen LogP contribution in [0.4, 0.5) is 15.9 Å². The van der Waals surface area contributed by atoms with E-state index >= 15 is 0 Å². The van der Waals surface area contributed by atoms with E-state index in [-0.39, 0.29) is 5.82 Å². The van der Waals surface area contributed by atoms with Gasteiger partial charge in [0.15, 0.2) is 0 Å². The van der Waals surface area contributed by atoms with Crippen molar-refractivity contribution in [1.29, 1.82) is 0 Å². The van der Waals surface area contributed by atoms with Gasteiger partial charge in [-0.05, 0) is 29.3 Å². The van der Waals surface area contributed by atoms with Gasteiger partial charge in [0.1, 0.15) is 11.6 Å². The summed E-state index contributed by atoms with van der Waals surface area (Å²) in [5.41, 5.74) is 8.27. The number of piperazine rings is 1. The molecule has 0 aliphatic carbocycles. The average molecular weight is 426 g/mol. The van der Waals surface area contributed by atoms with Crippen LogP contribution >= 0.6 is 22.6 Å². The summed E-state index contributed by atoms with van der Waals surface area (Å²) in [6.45, 7) is 3.62. The van der Waals surface area contributed by atoms with Crippen LogP contribution in [-0.2, 0) is 11.0 Å². The lowest BCUT2D eigenvalue weighted by atomic mass is 10.1. The van der Waals surface area contributed by atoms with Gasteiger partial charge in [0.05, 0.1) is 5.69 Å². The molecule has 1 aromatic heterocycles. The minimum absolute atomic E-state index is 0.189. The molecule has 1 aliphatic heterocycles. The maximum atomic E-state index is 14.2. The first-order valence-electron chi connectivity index (χ1n) is 7.70. The van der Waals surface area contributed by atoms with Crippen LogP contribution in [0.25, 0.3) is 0 Å². The fraction of sp³-hybridized carbons (Fsp3) is 0.353. The van der Waals surface area contributed by atoms with Crippen LogP contribution in [0.15, 0.2) is 36.5 Å². The number of rotatable bonds is 4. The van der Waals surface area contributed by atoms with E-state index in [0.29, 0.717) is 12.2 Å². The van der Waals surface area contributed by atoms with Gasteiger partial charge in [-0.15, -0.1) is 0 Å². The summed E-state index contributed by atoms with van der Waals surface area (Å²) in [6, 6.07) is 9.45. The Balaban J connectivity index is 1.65. The second-order valence-electron chi connectivity index (χ2n) is 5.62. The van der Waals surface area contributed by atoms with Gasteiger partial charge in [-0.3, -0.25) is 0 Å². The van der Waals surface area contributed by atoms with E-state index in [0.717, 1.165) is 42.0 Å². The third kappa shape index (κ3) is 3.74. The van der Waals surface area contributed by atoms with Gasteiger partial charge in [0.2, 0.25) is 0 Å². The van der Waals surface area contributed by atoms with Crippen molar-refractivity contribution in [2.45, 2.75) is 11.0 Å². The number of aromatic nitrogens is 1. The third-order valence-electron chi connectivity index (χ3n) is 4.16. The zero-order valence-corrected chi connectivity index (χ0v) is 15.0. The smallest absolute Gasteiger partial charge is 0.146 e. The largest absolute Gasteiger partial charge is 0.366 e. The topological polar surface area (TPSA) is 45.4 Å². The number of hydrogen-bond acceptors (Lipinski definition) is 4. The van der Waals surface area contributed by atoms with Gasteiger partial charge in [-0.1, -0.05) is 34.7 Å². The first-order chi connectivity index (χ1) is 11.2. The predicted molar refractivity (Wildman–Crippen MR) is 101 cm³/mol. The molecule has 2 heterocycles. The Labute approximate surface area is 149 Å². The molecule has 1 saturated heterocycles. The number of alkyl halides is 1. The first-order valence-corrected chi connectivity index (χ1v) is 9.23. The van der Waals surface area contributed by atoms with Crippen LogP contribution < -0.4 is 15.5 Å². The van der Waals surface area contributed by atoms with Gasteiger partial charge in [-0.25, -0.2) is 9.37 Å². The van der Waals surface area contributed by atoms with E-state index < -0.39 is 0 Å². The summed E-state index contributed by atoms with van der Waals surface area (Å²) < 4.78 is 15.2. The molecule has 1 fully saturated rings. The van der Waals surface area contributed by atoms with Crippen LogP contribution in [0, 0.1) is 5.82 Å². The number of halogens is 2. The van der Waals surface area contributed by atoms with Gasteiger partial charge in [0.25, 0.3) is 0 Å². The second-order valence-corrected chi connectivity index (χ2v) is 6.39. The SMILES string of the molecule is NCc1ccc(N2CCN(c3ccc(CI)cn3)CC2)c(F)c1. The predicted octanol–water partition coefficient (Wildman–Crippen LogP) is 2.94. The molecule has 4 nitrogen and oxygen atoms in total. The van der Waals surface area contributed by atoms with Crippen molar-refractivity contribution in [3.05, 3.63) is 53.5 Å². The van der Waals surface area contributed by atoms with E-state index in [1.807, 2.05) is 18.3 Å². The van der Waals surface area contributed by atoms with Crippen LogP contribution in [0.1, 0.15) is 11.1 Å². The summed E-state index contributed by atoms with van der Waals surface area (Å²) >= 11 is 2.33. The Kier molecular flexibility index (Phi) is 5.32. The van der Waals surface area contributed by atoms with Gasteiger partial charge >= 0.3 is 0 Å². The minimum Gasteiger partial charge on any atom is -0.366 e. The molecule has 0 amide bonds. The molecule has 122 valence electrons. The molecule has 2 aromatic rings. The highest BCUT2D eigenvalue weighted by Crippen LogP contribution is 2.23. The molecule has 0 unspecified atom stereocenters. The highest BCUT2D eigenvalue weighted by molar-refractivity contribution is 14.1. The molecule has 3 rings (SSSR count). The molecule has 0 radical (unpaired) electrons. The number of benzene rings is 1. The van der Waals surface area contributed by atoms with Crippen LogP contribution in [-0.4, -0.2) is 31.2 Å². The summed E-state index contributed by atoms with van der Waals surface area (Å²) in [5, 5.41) is 0. The molecular formula is C17H20FIN4. The van der Waals surface area contributed by atoms with Crippen LogP contribution in [0.2, 0.25) is 0 Å². The highest BCUT2D eigenvalue weighted by Gasteiger charge is 2.20. The standard InChI is InChI=1S/C17H20FIN4/c18-15-9-13(11-20)1-3-16(15)22-5-7-23(8-6-22)17-4-2-14(10-19)12-21-17/h1-4,9,12H,5-8,10-11,20H2. The molecule has 0 spiro atoms. The molecule has 2 N–H and O–H groups in total. The van der Waals surface area contributed by atoms with Crippen LogP contribution in [0.5, 0.6) is 0 Å². The molecule has 1 aliphatic rings. The van der Waals surface area contributed by atoms with Crippen molar-refractivity contribution in [3.8, 4) is 0 Å². The van der Waals surface area contributed by atoms with Gasteiger partial charge < -0.3 is 15.5 Å². The fourth-order valence-electron chi connectivity index (χ4n) is 2.79. The molecule has 23 heavy (non-hydrogen) atoms. The fourth-order valence-corrected chi connectivity index (χ4v) is 3.24. The zero-order chi connectivity index (χ0) is 16.2. The quantitative estimate of drug-likeness (QED) is 0.604. The second kappa shape index (κ2) is 7.44. The Bertz CT molecular complexity index is 654. The van der Waals surface area contributed by atoms with Crippen molar-refractivity contribution in [2.24, 2.45) is 5.73 Å². The monoisotopic (exact) mass is 426 g/mol. The molecule has 6 heteroatoms. The number of nitrogens with zero attached hydrogens (tertiary/aromatic N) is 3. The Morgan fingerprint density at radius 3 is 2.30 bits per heavy atom. The molecular weight excluding hydrogens is 406 g/mol. The molecule has 0 saturated carbocycles. The normalized spacial score (nSPS) is 15.1. The maximum Gasteiger partial charge on any atom is 0.146 e. The lowest BCUT2D eigenvalue weighted by Gasteiger charge is -2.37. The number of hydrogen-bond donors (Lipinski definition) is 1. The van der Waals surface area contributed by atoms with Crippen molar-refractivity contribution in [1.82, 2.24) is 4.98 Å².